The molecule has 0 amide bonds. The minimum atomic E-state index is -0.345. The summed E-state index contributed by atoms with van der Waals surface area (Å²) in [5.41, 5.74) is 12.0. The molecular formula is C19H24N2O. The summed E-state index contributed by atoms with van der Waals surface area (Å²) in [5, 5.41) is 0. The Morgan fingerprint density at radius 1 is 1.18 bits per heavy atom. The lowest BCUT2D eigenvalue weighted by atomic mass is 9.97. The fraction of sp³-hybridized carbons (Fsp3) is 0.421. The largest absolute Gasteiger partial charge is 0.320 e. The van der Waals surface area contributed by atoms with Crippen LogP contribution in [-0.4, -0.2) is 4.57 Å². The maximum atomic E-state index is 12.8. The van der Waals surface area contributed by atoms with Crippen LogP contribution in [0.5, 0.6) is 0 Å². The van der Waals surface area contributed by atoms with Gasteiger partial charge < -0.3 is 10.3 Å². The maximum absolute atomic E-state index is 12.8. The van der Waals surface area contributed by atoms with E-state index in [0.717, 1.165) is 43.4 Å². The molecule has 1 aromatic heterocycles. The van der Waals surface area contributed by atoms with Crippen molar-refractivity contribution in [1.29, 1.82) is 0 Å². The molecule has 1 unspecified atom stereocenters. The number of hydrogen-bond acceptors (Lipinski definition) is 2. The van der Waals surface area contributed by atoms with Crippen molar-refractivity contribution in [2.24, 2.45) is 5.73 Å². The maximum Gasteiger partial charge on any atom is 0.255 e. The Balaban J connectivity index is 2.05. The smallest absolute Gasteiger partial charge is 0.255 e. The van der Waals surface area contributed by atoms with E-state index in [-0.39, 0.29) is 11.6 Å². The van der Waals surface area contributed by atoms with Gasteiger partial charge in [-0.3, -0.25) is 4.79 Å². The number of benzene rings is 1. The summed E-state index contributed by atoms with van der Waals surface area (Å²) in [7, 11) is 0. The van der Waals surface area contributed by atoms with Gasteiger partial charge in [0.15, 0.2) is 0 Å². The van der Waals surface area contributed by atoms with Crippen LogP contribution < -0.4 is 11.3 Å². The van der Waals surface area contributed by atoms with E-state index in [1.54, 1.807) is 0 Å². The van der Waals surface area contributed by atoms with Crippen molar-refractivity contribution in [3.63, 3.8) is 0 Å². The Bertz CT molecular complexity index is 728. The van der Waals surface area contributed by atoms with Crippen LogP contribution in [0, 0.1) is 0 Å². The van der Waals surface area contributed by atoms with Crippen LogP contribution in [0.1, 0.15) is 54.3 Å². The van der Waals surface area contributed by atoms with E-state index >= 15 is 0 Å². The second kappa shape index (κ2) is 6.09. The van der Waals surface area contributed by atoms with Gasteiger partial charge in [0, 0.05) is 17.8 Å². The summed E-state index contributed by atoms with van der Waals surface area (Å²) in [6.45, 7) is 4.89. The minimum absolute atomic E-state index is 0.0789. The third kappa shape index (κ3) is 2.50. The Kier molecular flexibility index (Phi) is 4.16. The molecule has 3 rings (SSSR count). The lowest BCUT2D eigenvalue weighted by molar-refractivity contribution is 0.663. The molecule has 0 saturated carbocycles. The van der Waals surface area contributed by atoms with Crippen molar-refractivity contribution in [1.82, 2.24) is 4.57 Å². The topological polar surface area (TPSA) is 48.0 Å². The molecule has 3 heteroatoms. The van der Waals surface area contributed by atoms with Crippen molar-refractivity contribution >= 4 is 0 Å². The Labute approximate surface area is 131 Å². The molecule has 1 aliphatic carbocycles. The van der Waals surface area contributed by atoms with Crippen molar-refractivity contribution in [3.05, 3.63) is 68.6 Å². The second-order valence-corrected chi connectivity index (χ2v) is 6.05. The number of nitrogens with two attached hydrogens (primary N) is 1. The Morgan fingerprint density at radius 2 is 1.91 bits per heavy atom. The summed E-state index contributed by atoms with van der Waals surface area (Å²) >= 11 is 0. The second-order valence-electron chi connectivity index (χ2n) is 6.05. The molecule has 1 aliphatic rings. The van der Waals surface area contributed by atoms with E-state index in [1.807, 2.05) is 23.6 Å². The number of aromatic nitrogens is 1. The van der Waals surface area contributed by atoms with Gasteiger partial charge in [0.05, 0.1) is 6.04 Å². The fourth-order valence-corrected chi connectivity index (χ4v) is 3.44. The zero-order chi connectivity index (χ0) is 15.7. The number of nitrogens with zero attached hydrogens (tertiary/aromatic N) is 1. The molecule has 3 nitrogen and oxygen atoms in total. The molecule has 116 valence electrons. The third-order valence-electron chi connectivity index (χ3n) is 4.78. The van der Waals surface area contributed by atoms with Crippen LogP contribution in [0.4, 0.5) is 0 Å². The minimum Gasteiger partial charge on any atom is -0.320 e. The average Bonchev–Trinajstić information content (AvgIpc) is 3.02. The van der Waals surface area contributed by atoms with Crippen LogP contribution in [0.15, 0.2) is 35.1 Å². The van der Waals surface area contributed by atoms with Gasteiger partial charge in [-0.05, 0) is 55.4 Å². The van der Waals surface area contributed by atoms with E-state index in [1.165, 1.54) is 16.8 Å². The molecule has 0 fully saturated rings. The van der Waals surface area contributed by atoms with Gasteiger partial charge in [-0.25, -0.2) is 0 Å². The van der Waals surface area contributed by atoms with Crippen LogP contribution in [0.2, 0.25) is 0 Å². The number of aryl methyl sites for hydroxylation is 2. The van der Waals surface area contributed by atoms with Crippen LogP contribution in [0.3, 0.4) is 0 Å². The highest BCUT2D eigenvalue weighted by molar-refractivity contribution is 5.37. The van der Waals surface area contributed by atoms with Gasteiger partial charge in [0.25, 0.3) is 5.56 Å². The molecule has 0 aliphatic heterocycles. The highest BCUT2D eigenvalue weighted by Crippen LogP contribution is 2.25. The predicted octanol–water partition coefficient (Wildman–Crippen LogP) is 2.97. The summed E-state index contributed by atoms with van der Waals surface area (Å²) in [6.07, 6.45) is 4.22. The van der Waals surface area contributed by atoms with Crippen molar-refractivity contribution in [2.45, 2.75) is 52.1 Å². The first-order valence-corrected chi connectivity index (χ1v) is 8.25. The first kappa shape index (κ1) is 15.0. The molecule has 2 aromatic rings. The van der Waals surface area contributed by atoms with Crippen molar-refractivity contribution < 1.29 is 0 Å². The molecule has 0 spiro atoms. The third-order valence-corrected chi connectivity index (χ3v) is 4.78. The summed E-state index contributed by atoms with van der Waals surface area (Å²) in [4.78, 5) is 12.8. The molecule has 22 heavy (non-hydrogen) atoms. The molecular weight excluding hydrogens is 272 g/mol. The normalized spacial score (nSPS) is 14.9. The van der Waals surface area contributed by atoms with Gasteiger partial charge in [0.2, 0.25) is 0 Å². The fourth-order valence-electron chi connectivity index (χ4n) is 3.44. The zero-order valence-corrected chi connectivity index (χ0v) is 13.4. The highest BCUT2D eigenvalue weighted by Gasteiger charge is 2.21. The SMILES string of the molecule is CCc1ccc(C(N)c2cc3c(n(CC)c2=O)CCC3)cc1. The van der Waals surface area contributed by atoms with E-state index in [9.17, 15) is 4.79 Å². The first-order chi connectivity index (χ1) is 10.7. The molecule has 1 heterocycles. The van der Waals surface area contributed by atoms with Gasteiger partial charge >= 0.3 is 0 Å². The van der Waals surface area contributed by atoms with Gasteiger partial charge in [-0.2, -0.15) is 0 Å². The molecule has 0 bridgehead atoms. The van der Waals surface area contributed by atoms with Crippen molar-refractivity contribution in [2.75, 3.05) is 0 Å². The van der Waals surface area contributed by atoms with Crippen LogP contribution in [0.25, 0.3) is 0 Å². The number of rotatable bonds is 4. The Morgan fingerprint density at radius 3 is 2.55 bits per heavy atom. The van der Waals surface area contributed by atoms with Crippen LogP contribution >= 0.6 is 0 Å². The van der Waals surface area contributed by atoms with E-state index < -0.39 is 0 Å². The van der Waals surface area contributed by atoms with Gasteiger partial charge in [-0.1, -0.05) is 31.2 Å². The van der Waals surface area contributed by atoms with E-state index in [2.05, 4.69) is 25.1 Å². The molecule has 0 radical (unpaired) electrons. The number of hydrogen-bond donors (Lipinski definition) is 1. The quantitative estimate of drug-likeness (QED) is 0.943. The van der Waals surface area contributed by atoms with Crippen molar-refractivity contribution in [3.8, 4) is 0 Å². The van der Waals surface area contributed by atoms with E-state index in [0.29, 0.717) is 0 Å². The van der Waals surface area contributed by atoms with E-state index in [4.69, 9.17) is 5.73 Å². The van der Waals surface area contributed by atoms with Crippen LogP contribution in [-0.2, 0) is 25.8 Å². The monoisotopic (exact) mass is 296 g/mol. The summed E-state index contributed by atoms with van der Waals surface area (Å²) in [5.74, 6) is 0. The lowest BCUT2D eigenvalue weighted by Gasteiger charge is -2.17. The molecule has 0 saturated heterocycles. The Hall–Kier alpha value is -1.87. The predicted molar refractivity (Wildman–Crippen MR) is 90.3 cm³/mol. The average molecular weight is 296 g/mol. The summed E-state index contributed by atoms with van der Waals surface area (Å²) < 4.78 is 1.91. The first-order valence-electron chi connectivity index (χ1n) is 8.25. The number of pyridine rings is 1. The zero-order valence-electron chi connectivity index (χ0n) is 13.4. The number of fused-ring (bicyclic) bond motifs is 1. The lowest BCUT2D eigenvalue weighted by Crippen LogP contribution is -2.30. The van der Waals surface area contributed by atoms with Gasteiger partial charge in [-0.15, -0.1) is 0 Å². The van der Waals surface area contributed by atoms with Gasteiger partial charge in [0.1, 0.15) is 0 Å². The standard InChI is InChI=1S/C19H24N2O/c1-3-13-8-10-14(11-9-13)18(20)16-12-15-6-5-7-17(15)21(4-2)19(16)22/h8-12,18H,3-7,20H2,1-2H3. The summed E-state index contributed by atoms with van der Waals surface area (Å²) in [6, 6.07) is 10.00. The molecule has 1 atom stereocenters. The molecule has 1 aromatic carbocycles. The highest BCUT2D eigenvalue weighted by atomic mass is 16.1. The molecule has 2 N–H and O–H groups in total.